The molecule has 182 valence electrons. The number of anilines is 2. The van der Waals surface area contributed by atoms with Crippen molar-refractivity contribution < 1.29 is 9.59 Å². The molecule has 2 saturated heterocycles. The van der Waals surface area contributed by atoms with E-state index in [2.05, 4.69) is 21.6 Å². The minimum Gasteiger partial charge on any atom is -0.343 e. The number of carbonyl (C=O) groups is 2. The van der Waals surface area contributed by atoms with Crippen LogP contribution in [0.25, 0.3) is 0 Å². The second-order valence-electron chi connectivity index (χ2n) is 9.84. The lowest BCUT2D eigenvalue weighted by Gasteiger charge is -2.47. The molecule has 2 atom stereocenters. The second kappa shape index (κ2) is 9.55. The number of nitriles is 1. The van der Waals surface area contributed by atoms with Crippen molar-refractivity contribution in [3.8, 4) is 6.07 Å². The number of piperidine rings is 2. The van der Waals surface area contributed by atoms with Crippen LogP contribution < -0.4 is 16.2 Å². The third-order valence-corrected chi connectivity index (χ3v) is 7.54. The number of aromatic nitrogens is 1. The minimum absolute atomic E-state index is 0.0365. The zero-order valence-corrected chi connectivity index (χ0v) is 19.9. The Labute approximate surface area is 204 Å². The van der Waals surface area contributed by atoms with Crippen LogP contribution in [0.1, 0.15) is 43.4 Å². The first-order valence-corrected chi connectivity index (χ1v) is 12.2. The lowest BCUT2D eigenvalue weighted by Crippen LogP contribution is -2.53. The molecule has 2 aromatic rings. The summed E-state index contributed by atoms with van der Waals surface area (Å²) in [4.78, 5) is 41.7. The van der Waals surface area contributed by atoms with Crippen molar-refractivity contribution >= 4 is 23.3 Å². The van der Waals surface area contributed by atoms with Crippen molar-refractivity contribution in [3.63, 3.8) is 0 Å². The molecule has 4 heterocycles. The van der Waals surface area contributed by atoms with Crippen LogP contribution in [0.5, 0.6) is 0 Å². The van der Waals surface area contributed by atoms with E-state index in [4.69, 9.17) is 5.26 Å². The molecule has 0 saturated carbocycles. The maximum Gasteiger partial charge on any atom is 0.323 e. The Morgan fingerprint density at radius 2 is 1.86 bits per heavy atom. The van der Waals surface area contributed by atoms with Gasteiger partial charge in [0, 0.05) is 69.1 Å². The molecule has 2 bridgehead atoms. The fourth-order valence-corrected chi connectivity index (χ4v) is 5.95. The van der Waals surface area contributed by atoms with Crippen LogP contribution in [-0.4, -0.2) is 58.5 Å². The molecule has 3 amide bonds. The summed E-state index contributed by atoms with van der Waals surface area (Å²) in [6, 6.07) is 12.1. The Bertz CT molecular complexity index is 1240. The topological polar surface area (TPSA) is 110 Å². The number of pyridine rings is 1. The van der Waals surface area contributed by atoms with Crippen LogP contribution in [-0.2, 0) is 11.3 Å². The molecule has 3 aliphatic rings. The Morgan fingerprint density at radius 3 is 2.60 bits per heavy atom. The van der Waals surface area contributed by atoms with E-state index in [1.807, 2.05) is 9.47 Å². The summed E-state index contributed by atoms with van der Waals surface area (Å²) in [7, 11) is 0. The van der Waals surface area contributed by atoms with Gasteiger partial charge in [-0.15, -0.1) is 0 Å². The van der Waals surface area contributed by atoms with Gasteiger partial charge in [0.1, 0.15) is 0 Å². The number of fused-ring (bicyclic) bond motifs is 4. The zero-order chi connectivity index (χ0) is 24.5. The third kappa shape index (κ3) is 4.80. The maximum absolute atomic E-state index is 12.8. The first kappa shape index (κ1) is 23.1. The Hall–Kier alpha value is -3.64. The van der Waals surface area contributed by atoms with Crippen LogP contribution in [0, 0.1) is 17.2 Å². The van der Waals surface area contributed by atoms with Gasteiger partial charge in [-0.3, -0.25) is 14.5 Å². The van der Waals surface area contributed by atoms with E-state index < -0.39 is 6.03 Å². The number of rotatable bonds is 3. The average Bonchev–Trinajstić information content (AvgIpc) is 2.85. The summed E-state index contributed by atoms with van der Waals surface area (Å²) in [6.07, 6.45) is 2.93. The Balaban J connectivity index is 1.33. The van der Waals surface area contributed by atoms with Crippen LogP contribution in [0.4, 0.5) is 16.2 Å². The van der Waals surface area contributed by atoms with Gasteiger partial charge in [0.2, 0.25) is 5.91 Å². The standard InChI is InChI=1S/C26H30N6O3/c1-17(33)30-9-7-22(8-10-30)31-14-19-11-20(16-31)25-23(5-6-24(34)32(25)15-19)29-26(35)28-21-4-2-3-18(12-21)13-27/h2-6,12,19-20,22H,7-11,14-16H2,1H3,(H2,28,29,35)/t19-,20+/m0/s1. The van der Waals surface area contributed by atoms with E-state index >= 15 is 0 Å². The van der Waals surface area contributed by atoms with Gasteiger partial charge in [0.25, 0.3) is 5.56 Å². The predicted octanol–water partition coefficient (Wildman–Crippen LogP) is 2.79. The summed E-state index contributed by atoms with van der Waals surface area (Å²) in [5, 5.41) is 14.8. The van der Waals surface area contributed by atoms with Crippen molar-refractivity contribution in [2.75, 3.05) is 36.8 Å². The summed E-state index contributed by atoms with van der Waals surface area (Å²) >= 11 is 0. The predicted molar refractivity (Wildman–Crippen MR) is 132 cm³/mol. The van der Waals surface area contributed by atoms with Crippen LogP contribution in [0.15, 0.2) is 41.2 Å². The van der Waals surface area contributed by atoms with E-state index in [1.54, 1.807) is 37.3 Å². The number of nitrogens with one attached hydrogen (secondary N) is 2. The molecule has 9 nitrogen and oxygen atoms in total. The number of hydrogen-bond donors (Lipinski definition) is 2. The largest absolute Gasteiger partial charge is 0.343 e. The number of carbonyl (C=O) groups excluding carboxylic acids is 2. The van der Waals surface area contributed by atoms with Crippen molar-refractivity contribution in [2.45, 2.75) is 44.7 Å². The van der Waals surface area contributed by atoms with Crippen LogP contribution in [0.2, 0.25) is 0 Å². The zero-order valence-electron chi connectivity index (χ0n) is 19.9. The quantitative estimate of drug-likeness (QED) is 0.711. The average molecular weight is 475 g/mol. The van der Waals surface area contributed by atoms with Gasteiger partial charge in [-0.25, -0.2) is 4.79 Å². The smallest absolute Gasteiger partial charge is 0.323 e. The highest BCUT2D eigenvalue weighted by Gasteiger charge is 2.39. The molecule has 9 heteroatoms. The molecule has 2 N–H and O–H groups in total. The maximum atomic E-state index is 12.8. The van der Waals surface area contributed by atoms with Gasteiger partial charge in [-0.2, -0.15) is 5.26 Å². The van der Waals surface area contributed by atoms with Gasteiger partial charge in [0.05, 0.1) is 17.3 Å². The van der Waals surface area contributed by atoms with Gasteiger partial charge >= 0.3 is 6.03 Å². The van der Waals surface area contributed by atoms with Crippen LogP contribution >= 0.6 is 0 Å². The summed E-state index contributed by atoms with van der Waals surface area (Å²) < 4.78 is 1.83. The molecule has 1 aromatic carbocycles. The van der Waals surface area contributed by atoms with Gasteiger partial charge < -0.3 is 20.1 Å². The molecule has 1 aromatic heterocycles. The molecule has 0 unspecified atom stereocenters. The highest BCUT2D eigenvalue weighted by atomic mass is 16.2. The molecule has 0 aliphatic carbocycles. The first-order valence-electron chi connectivity index (χ1n) is 12.2. The van der Waals surface area contributed by atoms with Crippen molar-refractivity contribution in [2.24, 2.45) is 5.92 Å². The first-order chi connectivity index (χ1) is 16.9. The fourth-order valence-electron chi connectivity index (χ4n) is 5.95. The molecule has 3 aliphatic heterocycles. The molecule has 35 heavy (non-hydrogen) atoms. The van der Waals surface area contributed by atoms with Gasteiger partial charge in [0.15, 0.2) is 0 Å². The SMILES string of the molecule is CC(=O)N1CCC(N2C[C@@H]3C[C@H](C2)c2c(NC(=O)Nc4cccc(C#N)c4)ccc(=O)n2C3)CC1. The van der Waals surface area contributed by atoms with Crippen molar-refractivity contribution in [1.82, 2.24) is 14.4 Å². The van der Waals surface area contributed by atoms with Gasteiger partial charge in [-0.05, 0) is 49.4 Å². The lowest BCUT2D eigenvalue weighted by atomic mass is 9.81. The Kier molecular flexibility index (Phi) is 6.31. The number of urea groups is 1. The highest BCUT2D eigenvalue weighted by Crippen LogP contribution is 2.40. The third-order valence-electron chi connectivity index (χ3n) is 7.54. The van der Waals surface area contributed by atoms with E-state index in [-0.39, 0.29) is 17.4 Å². The summed E-state index contributed by atoms with van der Waals surface area (Å²) in [5.41, 5.74) is 2.50. The van der Waals surface area contributed by atoms with E-state index in [9.17, 15) is 14.4 Å². The monoisotopic (exact) mass is 474 g/mol. The molecular formula is C26H30N6O3. The molecule has 2 fully saturated rings. The van der Waals surface area contributed by atoms with E-state index in [0.29, 0.717) is 35.4 Å². The number of nitrogens with zero attached hydrogens (tertiary/aromatic N) is 4. The number of amides is 3. The minimum atomic E-state index is -0.409. The number of likely N-dealkylation sites (tertiary alicyclic amines) is 2. The van der Waals surface area contributed by atoms with Crippen molar-refractivity contribution in [1.29, 1.82) is 5.26 Å². The summed E-state index contributed by atoms with van der Waals surface area (Å²) in [6.45, 7) is 5.66. The van der Waals surface area contributed by atoms with Gasteiger partial charge in [-0.1, -0.05) is 6.07 Å². The fraction of sp³-hybridized carbons (Fsp3) is 0.462. The highest BCUT2D eigenvalue weighted by molar-refractivity contribution is 6.00. The molecule has 0 spiro atoms. The molecular weight excluding hydrogens is 444 g/mol. The Morgan fingerprint density at radius 1 is 1.06 bits per heavy atom. The second-order valence-corrected chi connectivity index (χ2v) is 9.84. The summed E-state index contributed by atoms with van der Waals surface area (Å²) in [5.74, 6) is 0.683. The van der Waals surface area contributed by atoms with E-state index in [0.717, 1.165) is 51.1 Å². The number of hydrogen-bond acceptors (Lipinski definition) is 5. The molecule has 0 radical (unpaired) electrons. The van der Waals surface area contributed by atoms with Crippen molar-refractivity contribution in [3.05, 3.63) is 58.0 Å². The lowest BCUT2D eigenvalue weighted by molar-refractivity contribution is -0.130. The molecule has 5 rings (SSSR count). The van der Waals surface area contributed by atoms with E-state index in [1.165, 1.54) is 6.07 Å². The normalized spacial score (nSPS) is 22.1. The number of benzene rings is 1. The van der Waals surface area contributed by atoms with Crippen LogP contribution in [0.3, 0.4) is 0 Å².